The molecule has 0 bridgehead atoms. The van der Waals surface area contributed by atoms with Gasteiger partial charge in [0, 0.05) is 25.7 Å². The van der Waals surface area contributed by atoms with Crippen molar-refractivity contribution in [3.63, 3.8) is 0 Å². The van der Waals surface area contributed by atoms with E-state index in [1.807, 2.05) is 0 Å². The van der Waals surface area contributed by atoms with E-state index in [1.165, 1.54) is 154 Å². The Labute approximate surface area is 548 Å². The number of ether oxygens (including phenoxy) is 4. The number of hydrogen-bond donors (Lipinski definition) is 3. The van der Waals surface area contributed by atoms with Crippen molar-refractivity contribution < 1.29 is 53.4 Å². The molecule has 0 spiro atoms. The van der Waals surface area contributed by atoms with Crippen LogP contribution >= 0.6 is 0 Å². The number of esters is 4. The van der Waals surface area contributed by atoms with Gasteiger partial charge in [0.05, 0.1) is 19.8 Å². The predicted molar refractivity (Wildman–Crippen MR) is 372 cm³/mol. The van der Waals surface area contributed by atoms with Crippen LogP contribution in [0.3, 0.4) is 0 Å². The molecule has 3 N–H and O–H groups in total. The zero-order chi connectivity index (χ0) is 65.1. The zero-order valence-electron chi connectivity index (χ0n) is 58.5. The molecule has 89 heavy (non-hydrogen) atoms. The maximum Gasteiger partial charge on any atom is 0.343 e. The van der Waals surface area contributed by atoms with Gasteiger partial charge in [-0.2, -0.15) is 0 Å². The average Bonchev–Trinajstić information content (AvgIpc) is 0.823. The van der Waals surface area contributed by atoms with Crippen LogP contribution in [0.5, 0.6) is 0 Å². The number of aliphatic hydroxyl groups excluding tert-OH is 3. The van der Waals surface area contributed by atoms with Crippen molar-refractivity contribution in [2.24, 2.45) is 5.41 Å². The van der Waals surface area contributed by atoms with E-state index in [-0.39, 0.29) is 25.7 Å². The average molecular weight is 1260 g/mol. The molecule has 11 heteroatoms. The SMILES string of the molecule is CCCCCCCC/C=C\CCCCCCCC(=O)OC(OC(=O)CCCCCCC/C=C\CCCCCCCC)C(OC(=O)CCCCCCC/C=C\CCCCCCCC)(OC(=O)CCCCCCC/C=C\CCCCCCCC)C(CO)(CO)CO. The van der Waals surface area contributed by atoms with Gasteiger partial charge in [0.1, 0.15) is 5.41 Å². The lowest BCUT2D eigenvalue weighted by Gasteiger charge is -2.47. The molecule has 0 aliphatic carbocycles. The second-order valence-corrected chi connectivity index (χ2v) is 26.0. The molecule has 0 amide bonds. The molecule has 0 atom stereocenters. The van der Waals surface area contributed by atoms with Crippen LogP contribution in [0.4, 0.5) is 0 Å². The molecule has 0 aromatic rings. The third kappa shape index (κ3) is 50.9. The fourth-order valence-corrected chi connectivity index (χ4v) is 11.4. The Morgan fingerprint density at radius 3 is 0.652 bits per heavy atom. The first-order valence-corrected chi connectivity index (χ1v) is 37.9. The third-order valence-electron chi connectivity index (χ3n) is 17.5. The minimum atomic E-state index is -2.93. The Bertz CT molecular complexity index is 1580. The van der Waals surface area contributed by atoms with E-state index < -0.39 is 61.2 Å². The van der Waals surface area contributed by atoms with Crippen LogP contribution < -0.4 is 0 Å². The Kier molecular flexibility index (Phi) is 63.7. The number of carbonyl (C=O) groups is 4. The largest absolute Gasteiger partial charge is 0.417 e. The van der Waals surface area contributed by atoms with E-state index in [4.69, 9.17) is 18.9 Å². The number of aliphatic hydroxyl groups is 3. The number of carbonyl (C=O) groups excluding carboxylic acids is 4. The van der Waals surface area contributed by atoms with E-state index in [2.05, 4.69) is 76.3 Å². The highest BCUT2D eigenvalue weighted by molar-refractivity contribution is 5.74. The monoisotopic (exact) mass is 1260 g/mol. The summed E-state index contributed by atoms with van der Waals surface area (Å²) >= 11 is 0. The molecule has 0 radical (unpaired) electrons. The van der Waals surface area contributed by atoms with Crippen LogP contribution in [0.1, 0.15) is 387 Å². The van der Waals surface area contributed by atoms with E-state index in [9.17, 15) is 34.5 Å². The Hall–Kier alpha value is -3.28. The van der Waals surface area contributed by atoms with E-state index in [1.54, 1.807) is 0 Å². The minimum absolute atomic E-state index is 0.0768. The van der Waals surface area contributed by atoms with Crippen molar-refractivity contribution in [1.82, 2.24) is 0 Å². The maximum absolute atomic E-state index is 14.2. The lowest BCUT2D eigenvalue weighted by atomic mass is 9.79. The summed E-state index contributed by atoms with van der Waals surface area (Å²) in [4.78, 5) is 56.6. The van der Waals surface area contributed by atoms with E-state index in [0.717, 1.165) is 141 Å². The van der Waals surface area contributed by atoms with Gasteiger partial charge in [-0.3, -0.25) is 19.2 Å². The van der Waals surface area contributed by atoms with Crippen LogP contribution in [-0.2, 0) is 38.1 Å². The molecular weight excluding hydrogens is 1110 g/mol. The van der Waals surface area contributed by atoms with Crippen molar-refractivity contribution in [3.8, 4) is 0 Å². The summed E-state index contributed by atoms with van der Waals surface area (Å²) in [5.41, 5.74) is -2.36. The van der Waals surface area contributed by atoms with Gasteiger partial charge in [-0.25, -0.2) is 0 Å². The van der Waals surface area contributed by atoms with Crippen molar-refractivity contribution in [1.29, 1.82) is 0 Å². The highest BCUT2D eigenvalue weighted by atomic mass is 16.8. The van der Waals surface area contributed by atoms with Gasteiger partial charge in [0.15, 0.2) is 0 Å². The van der Waals surface area contributed by atoms with Crippen LogP contribution in [0.2, 0.25) is 0 Å². The Balaban J connectivity index is 6.31. The second kappa shape index (κ2) is 66.2. The molecule has 520 valence electrons. The molecule has 11 nitrogen and oxygen atoms in total. The molecule has 0 aliphatic heterocycles. The molecule has 0 aliphatic rings. The molecule has 0 saturated heterocycles. The number of allylic oxidation sites excluding steroid dienone is 8. The summed E-state index contributed by atoms with van der Waals surface area (Å²) in [6.45, 7) is 5.74. The molecule has 0 heterocycles. The second-order valence-electron chi connectivity index (χ2n) is 26.0. The molecule has 0 aromatic heterocycles. The van der Waals surface area contributed by atoms with E-state index in [0.29, 0.717) is 38.5 Å². The quantitative estimate of drug-likeness (QED) is 0.0230. The minimum Gasteiger partial charge on any atom is -0.417 e. The fourth-order valence-electron chi connectivity index (χ4n) is 11.4. The van der Waals surface area contributed by atoms with Gasteiger partial charge in [-0.05, 0) is 128 Å². The summed E-state index contributed by atoms with van der Waals surface area (Å²) in [5.74, 6) is -6.27. The molecule has 0 saturated carbocycles. The van der Waals surface area contributed by atoms with Gasteiger partial charge in [-0.1, -0.05) is 282 Å². The van der Waals surface area contributed by atoms with E-state index >= 15 is 0 Å². The third-order valence-corrected chi connectivity index (χ3v) is 17.5. The lowest BCUT2D eigenvalue weighted by molar-refractivity contribution is -0.365. The van der Waals surface area contributed by atoms with Gasteiger partial charge in [0.2, 0.25) is 0 Å². The van der Waals surface area contributed by atoms with Crippen molar-refractivity contribution >= 4 is 23.9 Å². The lowest BCUT2D eigenvalue weighted by Crippen LogP contribution is -2.67. The number of rotatable bonds is 69. The smallest absolute Gasteiger partial charge is 0.343 e. The zero-order valence-corrected chi connectivity index (χ0v) is 58.5. The Morgan fingerprint density at radius 2 is 0.449 bits per heavy atom. The highest BCUT2D eigenvalue weighted by Gasteiger charge is 2.66. The molecule has 0 aromatic carbocycles. The topological polar surface area (TPSA) is 166 Å². The standard InChI is InChI=1S/C78H142O11/c1-5-9-13-17-21-25-29-33-37-41-45-49-53-57-61-65-72(82)86-76(87-73(83)66-62-58-54-50-46-42-38-34-30-26-22-18-14-10-6-2)78(77(69-79,70-80)71-81,88-74(84)67-63-59-55-51-47-43-39-35-31-27-23-19-15-11-7-3)89-75(85)68-64-60-56-52-48-44-40-36-32-28-24-20-16-12-8-4/h33-40,76,79-81H,5-32,41-71H2,1-4H3/b37-33-,38-34-,39-35-,40-36-. The highest BCUT2D eigenvalue weighted by Crippen LogP contribution is 2.42. The van der Waals surface area contributed by atoms with Crippen LogP contribution in [0, 0.1) is 5.41 Å². The van der Waals surface area contributed by atoms with Crippen molar-refractivity contribution in [3.05, 3.63) is 48.6 Å². The summed E-state index contributed by atoms with van der Waals surface area (Å²) in [5, 5.41) is 33.6. The molecule has 0 unspecified atom stereocenters. The fraction of sp³-hybridized carbons (Fsp3) is 0.846. The van der Waals surface area contributed by atoms with Gasteiger partial charge < -0.3 is 34.3 Å². The first-order valence-electron chi connectivity index (χ1n) is 37.9. The molecule has 0 rings (SSSR count). The maximum atomic E-state index is 14.2. The summed E-state index contributed by atoms with van der Waals surface area (Å²) in [7, 11) is 0. The van der Waals surface area contributed by atoms with Crippen LogP contribution in [0.25, 0.3) is 0 Å². The summed E-state index contributed by atoms with van der Waals surface area (Å²) in [6, 6.07) is 0. The number of unbranched alkanes of at least 4 members (excludes halogenated alkanes) is 44. The first-order chi connectivity index (χ1) is 43.6. The number of hydrogen-bond acceptors (Lipinski definition) is 11. The van der Waals surface area contributed by atoms with Gasteiger partial charge in [-0.15, -0.1) is 0 Å². The van der Waals surface area contributed by atoms with Crippen LogP contribution in [0.15, 0.2) is 48.6 Å². The Morgan fingerprint density at radius 1 is 0.270 bits per heavy atom. The summed E-state index contributed by atoms with van der Waals surface area (Å²) < 4.78 is 24.4. The normalized spacial score (nSPS) is 12.3. The van der Waals surface area contributed by atoms with Gasteiger partial charge >= 0.3 is 36.0 Å². The van der Waals surface area contributed by atoms with Gasteiger partial charge in [0.25, 0.3) is 0 Å². The van der Waals surface area contributed by atoms with Crippen molar-refractivity contribution in [2.75, 3.05) is 19.8 Å². The predicted octanol–water partition coefficient (Wildman–Crippen LogP) is 22.3. The first kappa shape index (κ1) is 85.7. The molecular formula is C78H142O11. The van der Waals surface area contributed by atoms with Crippen molar-refractivity contribution in [2.45, 2.75) is 399 Å². The summed E-state index contributed by atoms with van der Waals surface area (Å²) in [6.07, 6.45) is 71.4. The molecule has 0 fully saturated rings. The van der Waals surface area contributed by atoms with Crippen LogP contribution in [-0.4, -0.2) is 71.1 Å².